The minimum atomic E-state index is -3.63. The summed E-state index contributed by atoms with van der Waals surface area (Å²) in [6.45, 7) is 0. The number of hydrogen-bond acceptors (Lipinski definition) is 9. The highest BCUT2D eigenvalue weighted by atomic mass is 35.5. The topological polar surface area (TPSA) is 145 Å². The lowest BCUT2D eigenvalue weighted by molar-refractivity contribution is 0.102. The fourth-order valence-electron chi connectivity index (χ4n) is 3.85. The van der Waals surface area contributed by atoms with E-state index in [0.29, 0.717) is 37.6 Å². The Kier molecular flexibility index (Phi) is 7.85. The summed E-state index contributed by atoms with van der Waals surface area (Å²) in [6, 6.07) is 13.8. The van der Waals surface area contributed by atoms with Crippen LogP contribution in [0.5, 0.6) is 5.88 Å². The lowest BCUT2D eigenvalue weighted by Gasteiger charge is -2.13. The molecule has 3 aromatic heterocycles. The monoisotopic (exact) mass is 616 g/mol. The Bertz CT molecular complexity index is 1860. The Labute approximate surface area is 240 Å². The van der Waals surface area contributed by atoms with Crippen molar-refractivity contribution in [1.82, 2.24) is 19.2 Å². The van der Waals surface area contributed by atoms with Crippen molar-refractivity contribution in [2.45, 2.75) is 10.8 Å². The molecule has 0 aliphatic heterocycles. The van der Waals surface area contributed by atoms with E-state index in [4.69, 9.17) is 16.3 Å². The van der Waals surface area contributed by atoms with Crippen molar-refractivity contribution in [3.05, 3.63) is 77.0 Å². The molecular weight excluding hydrogens is 596 g/mol. The van der Waals surface area contributed by atoms with Crippen molar-refractivity contribution in [3.8, 4) is 17.0 Å². The second kappa shape index (κ2) is 11.3. The third-order valence-corrected chi connectivity index (χ3v) is 8.71. The summed E-state index contributed by atoms with van der Waals surface area (Å²) in [6.07, 6.45) is 4.04. The number of sulfonamides is 1. The van der Waals surface area contributed by atoms with Crippen LogP contribution in [0.25, 0.3) is 22.0 Å². The summed E-state index contributed by atoms with van der Waals surface area (Å²) in [5, 5.41) is 9.98. The standard InChI is InChI=1S/C25H21ClN6O5S3/c1-37-25-20(31-40(2,35)36)9-16(12-27-25)15-8-19(30-24(33)21-14-38-23(11-26)29-21)18-13-28-32(22(18)10-15)39(34)17-6-4-3-5-7-17/h3-10,12-14,31H,11H2,1-2H3,(H,30,33). The highest BCUT2D eigenvalue weighted by Crippen LogP contribution is 2.35. The number of ether oxygens (including phenoxy) is 1. The summed E-state index contributed by atoms with van der Waals surface area (Å²) in [4.78, 5) is 22.1. The number of thiazole rings is 1. The van der Waals surface area contributed by atoms with E-state index in [1.807, 2.05) is 6.07 Å². The molecule has 0 radical (unpaired) electrons. The first-order valence-electron chi connectivity index (χ1n) is 11.5. The Hall–Kier alpha value is -3.85. The van der Waals surface area contributed by atoms with E-state index >= 15 is 0 Å². The van der Waals surface area contributed by atoms with Crippen LogP contribution < -0.4 is 14.8 Å². The van der Waals surface area contributed by atoms with Gasteiger partial charge in [-0.1, -0.05) is 18.2 Å². The zero-order valence-corrected chi connectivity index (χ0v) is 24.2. The van der Waals surface area contributed by atoms with Gasteiger partial charge in [-0.25, -0.2) is 22.6 Å². The maximum Gasteiger partial charge on any atom is 0.275 e. The van der Waals surface area contributed by atoms with E-state index < -0.39 is 26.9 Å². The van der Waals surface area contributed by atoms with Crippen molar-refractivity contribution in [3.63, 3.8) is 0 Å². The number of rotatable bonds is 9. The molecule has 0 fully saturated rings. The molecule has 0 aliphatic rings. The number of fused-ring (bicyclic) bond motifs is 1. The Morgan fingerprint density at radius 1 is 1.12 bits per heavy atom. The van der Waals surface area contributed by atoms with Crippen LogP contribution in [0.1, 0.15) is 15.5 Å². The normalized spacial score (nSPS) is 12.3. The maximum absolute atomic E-state index is 13.5. The number of benzene rings is 2. The van der Waals surface area contributed by atoms with Crippen molar-refractivity contribution in [1.29, 1.82) is 0 Å². The predicted octanol–water partition coefficient (Wildman–Crippen LogP) is 4.50. The molecular formula is C25H21ClN6O5S3. The van der Waals surface area contributed by atoms with Crippen LogP contribution >= 0.6 is 22.9 Å². The van der Waals surface area contributed by atoms with Crippen LogP contribution in [0.4, 0.5) is 11.4 Å². The highest BCUT2D eigenvalue weighted by molar-refractivity contribution is 7.92. The van der Waals surface area contributed by atoms with Crippen LogP contribution in [-0.2, 0) is 26.9 Å². The zero-order valence-electron chi connectivity index (χ0n) is 21.0. The third-order valence-electron chi connectivity index (χ3n) is 5.58. The van der Waals surface area contributed by atoms with Crippen molar-refractivity contribution < 1.29 is 22.2 Å². The predicted molar refractivity (Wildman–Crippen MR) is 156 cm³/mol. The number of alkyl halides is 1. The molecule has 1 unspecified atom stereocenters. The number of anilines is 2. The SMILES string of the molecule is COc1ncc(-c2cc(NC(=O)c3csc(CCl)n3)c3cnn(S(=O)c4ccccc4)c3c2)cc1NS(C)(=O)=O. The number of nitrogens with zero attached hydrogens (tertiary/aromatic N) is 4. The number of carbonyl (C=O) groups is 1. The second-order valence-corrected chi connectivity index (χ2v) is 12.7. The van der Waals surface area contributed by atoms with Gasteiger partial charge in [0.2, 0.25) is 15.9 Å². The molecule has 40 heavy (non-hydrogen) atoms. The smallest absolute Gasteiger partial charge is 0.275 e. The van der Waals surface area contributed by atoms with Gasteiger partial charge in [0.25, 0.3) is 5.91 Å². The van der Waals surface area contributed by atoms with E-state index in [1.165, 1.54) is 34.9 Å². The minimum absolute atomic E-state index is 0.0811. The summed E-state index contributed by atoms with van der Waals surface area (Å²) >= 11 is 7.12. The maximum atomic E-state index is 13.5. The fraction of sp³-hybridized carbons (Fsp3) is 0.120. The number of methoxy groups -OCH3 is 1. The molecule has 0 saturated carbocycles. The summed E-state index contributed by atoms with van der Waals surface area (Å²) in [5.41, 5.74) is 2.21. The van der Waals surface area contributed by atoms with E-state index in [9.17, 15) is 17.4 Å². The molecule has 0 spiro atoms. The quantitative estimate of drug-likeness (QED) is 0.230. The van der Waals surface area contributed by atoms with E-state index in [0.717, 1.165) is 6.26 Å². The van der Waals surface area contributed by atoms with Gasteiger partial charge in [-0.2, -0.15) is 9.19 Å². The molecule has 5 aromatic rings. The molecule has 0 aliphatic carbocycles. The molecule has 5 rings (SSSR count). The lowest BCUT2D eigenvalue weighted by Crippen LogP contribution is -2.13. The molecule has 0 bridgehead atoms. The highest BCUT2D eigenvalue weighted by Gasteiger charge is 2.20. The van der Waals surface area contributed by atoms with Gasteiger partial charge in [-0.05, 0) is 35.9 Å². The molecule has 206 valence electrons. The Morgan fingerprint density at radius 2 is 1.88 bits per heavy atom. The first kappa shape index (κ1) is 27.7. The number of nitrogens with one attached hydrogen (secondary N) is 2. The molecule has 1 amide bonds. The fourth-order valence-corrected chi connectivity index (χ4v) is 6.32. The average Bonchev–Trinajstić information content (AvgIpc) is 3.60. The van der Waals surface area contributed by atoms with Gasteiger partial charge in [-0.3, -0.25) is 9.52 Å². The molecule has 15 heteroatoms. The van der Waals surface area contributed by atoms with Gasteiger partial charge in [0.05, 0.1) is 41.5 Å². The Morgan fingerprint density at radius 3 is 2.55 bits per heavy atom. The van der Waals surface area contributed by atoms with Gasteiger partial charge < -0.3 is 10.1 Å². The molecule has 1 atom stereocenters. The summed E-state index contributed by atoms with van der Waals surface area (Å²) in [7, 11) is -3.95. The van der Waals surface area contributed by atoms with Gasteiger partial charge >= 0.3 is 0 Å². The van der Waals surface area contributed by atoms with Crippen LogP contribution in [0.2, 0.25) is 0 Å². The van der Waals surface area contributed by atoms with Gasteiger partial charge in [0.1, 0.15) is 16.4 Å². The molecule has 2 aromatic carbocycles. The number of pyridine rings is 1. The Balaban J connectivity index is 1.66. The largest absolute Gasteiger partial charge is 0.480 e. The third kappa shape index (κ3) is 5.84. The molecule has 0 saturated heterocycles. The van der Waals surface area contributed by atoms with E-state index in [2.05, 4.69) is 25.1 Å². The zero-order chi connectivity index (χ0) is 28.4. The minimum Gasteiger partial charge on any atom is -0.480 e. The molecule has 11 nitrogen and oxygen atoms in total. The first-order valence-corrected chi connectivity index (χ1v) is 15.9. The van der Waals surface area contributed by atoms with E-state index in [-0.39, 0.29) is 23.1 Å². The summed E-state index contributed by atoms with van der Waals surface area (Å²) < 4.78 is 46.3. The number of aromatic nitrogens is 4. The number of halogens is 1. The lowest BCUT2D eigenvalue weighted by atomic mass is 10.0. The van der Waals surface area contributed by atoms with Crippen molar-refractivity contribution >= 4 is 72.1 Å². The molecule has 2 N–H and O–H groups in total. The van der Waals surface area contributed by atoms with Crippen molar-refractivity contribution in [2.24, 2.45) is 0 Å². The number of carbonyl (C=O) groups excluding carboxylic acids is 1. The van der Waals surface area contributed by atoms with Crippen molar-refractivity contribution in [2.75, 3.05) is 23.4 Å². The van der Waals surface area contributed by atoms with Crippen LogP contribution in [0, 0.1) is 0 Å². The van der Waals surface area contributed by atoms with Crippen LogP contribution in [0.3, 0.4) is 0 Å². The van der Waals surface area contributed by atoms with Gasteiger partial charge in [0, 0.05) is 22.5 Å². The molecule has 3 heterocycles. The van der Waals surface area contributed by atoms with Crippen LogP contribution in [-0.4, -0.2) is 51.1 Å². The number of hydrogen-bond donors (Lipinski definition) is 2. The van der Waals surface area contributed by atoms with E-state index in [1.54, 1.807) is 47.8 Å². The summed E-state index contributed by atoms with van der Waals surface area (Å²) in [5.74, 6) is -0.197. The first-order chi connectivity index (χ1) is 19.2. The second-order valence-electron chi connectivity index (χ2n) is 8.41. The average molecular weight is 617 g/mol. The van der Waals surface area contributed by atoms with Gasteiger partial charge in [0.15, 0.2) is 11.0 Å². The van der Waals surface area contributed by atoms with Gasteiger partial charge in [-0.15, -0.1) is 22.9 Å². The number of amides is 1. The van der Waals surface area contributed by atoms with Crippen LogP contribution in [0.15, 0.2) is 71.2 Å².